The number of carbonyl (C=O) groups excluding carboxylic acids is 2. The molecule has 2 N–H and O–H groups in total. The molecule has 9 heteroatoms. The third-order valence-electron chi connectivity index (χ3n) is 5.92. The number of aromatic nitrogens is 2. The second-order valence-corrected chi connectivity index (χ2v) is 9.09. The van der Waals surface area contributed by atoms with E-state index in [-0.39, 0.29) is 17.9 Å². The number of amides is 3. The van der Waals surface area contributed by atoms with E-state index in [0.29, 0.717) is 24.8 Å². The molecular formula is C22H30N6O2S. The smallest absolute Gasteiger partial charge is 0.317 e. The van der Waals surface area contributed by atoms with E-state index in [2.05, 4.69) is 25.5 Å². The molecule has 2 aliphatic rings. The number of nitrogens with one attached hydrogen (secondary N) is 2. The first-order valence-electron chi connectivity index (χ1n) is 11.1. The first kappa shape index (κ1) is 21.5. The molecule has 166 valence electrons. The van der Waals surface area contributed by atoms with E-state index in [1.54, 1.807) is 11.1 Å². The summed E-state index contributed by atoms with van der Waals surface area (Å²) < 4.78 is 0. The summed E-state index contributed by atoms with van der Waals surface area (Å²) in [5, 5.41) is 8.24. The molecule has 1 unspecified atom stereocenters. The molecule has 0 radical (unpaired) electrons. The van der Waals surface area contributed by atoms with E-state index in [1.807, 2.05) is 23.7 Å². The minimum atomic E-state index is -0.210. The van der Waals surface area contributed by atoms with Crippen molar-refractivity contribution in [2.45, 2.75) is 45.1 Å². The van der Waals surface area contributed by atoms with Crippen LogP contribution in [0.1, 0.15) is 44.1 Å². The summed E-state index contributed by atoms with van der Waals surface area (Å²) in [7, 11) is 0. The van der Waals surface area contributed by atoms with Gasteiger partial charge in [-0.3, -0.25) is 4.79 Å². The molecule has 4 rings (SSSR count). The quantitative estimate of drug-likeness (QED) is 0.740. The van der Waals surface area contributed by atoms with Crippen LogP contribution in [0.3, 0.4) is 0 Å². The van der Waals surface area contributed by atoms with Crippen molar-refractivity contribution in [2.24, 2.45) is 5.92 Å². The fraction of sp³-hybridized carbons (Fsp3) is 0.545. The summed E-state index contributed by atoms with van der Waals surface area (Å²) in [5.41, 5.74) is 0.974. The monoisotopic (exact) mass is 442 g/mol. The van der Waals surface area contributed by atoms with Gasteiger partial charge < -0.3 is 20.4 Å². The molecule has 2 aliphatic heterocycles. The van der Waals surface area contributed by atoms with Gasteiger partial charge in [-0.15, -0.1) is 11.3 Å². The number of anilines is 2. The first-order valence-corrected chi connectivity index (χ1v) is 12.0. The molecule has 0 saturated carbocycles. The predicted molar refractivity (Wildman–Crippen MR) is 122 cm³/mol. The van der Waals surface area contributed by atoms with E-state index in [0.717, 1.165) is 37.3 Å². The number of piperidine rings is 1. The van der Waals surface area contributed by atoms with Crippen molar-refractivity contribution >= 4 is 34.2 Å². The van der Waals surface area contributed by atoms with Gasteiger partial charge in [-0.05, 0) is 37.3 Å². The topological polar surface area (TPSA) is 90.5 Å². The van der Waals surface area contributed by atoms with Crippen molar-refractivity contribution in [1.82, 2.24) is 20.2 Å². The molecule has 2 aromatic heterocycles. The number of urea groups is 1. The maximum Gasteiger partial charge on any atom is 0.317 e. The number of hydrogen-bond donors (Lipinski definition) is 2. The van der Waals surface area contributed by atoms with E-state index >= 15 is 0 Å². The lowest BCUT2D eigenvalue weighted by molar-refractivity contribution is -0.121. The Morgan fingerprint density at radius 1 is 1.06 bits per heavy atom. The number of nitrogens with zero attached hydrogens (tertiary/aromatic N) is 4. The van der Waals surface area contributed by atoms with Gasteiger partial charge in [0.15, 0.2) is 5.13 Å². The molecule has 0 aromatic carbocycles. The number of carbonyl (C=O) groups is 2. The maximum absolute atomic E-state index is 12.7. The minimum absolute atomic E-state index is 0.0687. The Bertz CT molecular complexity index is 849. The van der Waals surface area contributed by atoms with Gasteiger partial charge in [0.25, 0.3) is 0 Å². The van der Waals surface area contributed by atoms with Gasteiger partial charge in [0.2, 0.25) is 5.91 Å². The van der Waals surface area contributed by atoms with E-state index in [1.165, 1.54) is 37.0 Å². The summed E-state index contributed by atoms with van der Waals surface area (Å²) in [6.07, 6.45) is 10.1. The van der Waals surface area contributed by atoms with Crippen LogP contribution >= 0.6 is 11.3 Å². The van der Waals surface area contributed by atoms with Crippen LogP contribution in [-0.2, 0) is 11.3 Å². The first-order chi connectivity index (χ1) is 15.2. The van der Waals surface area contributed by atoms with E-state index in [9.17, 15) is 9.59 Å². The molecule has 0 bridgehead atoms. The standard InChI is InChI=1S/C22H30N6O2S/c29-20(26-21-23-9-13-31-21)18-6-5-12-28(16-18)22(30)25-15-17-7-8-19(24-14-17)27-10-3-1-2-4-11-27/h7-9,13-14,18H,1-6,10-12,15-16H2,(H,25,30)(H,23,26,29). The summed E-state index contributed by atoms with van der Waals surface area (Å²) in [6, 6.07) is 3.95. The number of likely N-dealkylation sites (tertiary alicyclic amines) is 1. The van der Waals surface area contributed by atoms with Gasteiger partial charge in [0.05, 0.1) is 5.92 Å². The van der Waals surface area contributed by atoms with Crippen molar-refractivity contribution in [2.75, 3.05) is 36.4 Å². The van der Waals surface area contributed by atoms with Gasteiger partial charge in [0.1, 0.15) is 5.82 Å². The normalized spacial score (nSPS) is 19.5. The van der Waals surface area contributed by atoms with Gasteiger partial charge in [-0.2, -0.15) is 0 Å². The van der Waals surface area contributed by atoms with E-state index in [4.69, 9.17) is 0 Å². The van der Waals surface area contributed by atoms with Crippen molar-refractivity contribution < 1.29 is 9.59 Å². The summed E-state index contributed by atoms with van der Waals surface area (Å²) in [5.74, 6) is 0.737. The van der Waals surface area contributed by atoms with Crippen LogP contribution in [0, 0.1) is 5.92 Å². The molecule has 2 aromatic rings. The van der Waals surface area contributed by atoms with Crippen LogP contribution in [0.4, 0.5) is 15.7 Å². The van der Waals surface area contributed by atoms with Crippen LogP contribution in [0.5, 0.6) is 0 Å². The zero-order valence-corrected chi connectivity index (χ0v) is 18.6. The molecule has 0 spiro atoms. The highest BCUT2D eigenvalue weighted by atomic mass is 32.1. The van der Waals surface area contributed by atoms with Crippen LogP contribution < -0.4 is 15.5 Å². The fourth-order valence-corrected chi connectivity index (χ4v) is 4.70. The Hall–Kier alpha value is -2.68. The third kappa shape index (κ3) is 5.94. The molecular weight excluding hydrogens is 412 g/mol. The van der Waals surface area contributed by atoms with E-state index < -0.39 is 0 Å². The summed E-state index contributed by atoms with van der Waals surface area (Å²) in [6.45, 7) is 3.65. The molecule has 2 fully saturated rings. The lowest BCUT2D eigenvalue weighted by Crippen LogP contribution is -2.47. The maximum atomic E-state index is 12.7. The average molecular weight is 443 g/mol. The Morgan fingerprint density at radius 2 is 1.90 bits per heavy atom. The molecule has 0 aliphatic carbocycles. The zero-order valence-electron chi connectivity index (χ0n) is 17.8. The lowest BCUT2D eigenvalue weighted by Gasteiger charge is -2.31. The SMILES string of the molecule is O=C(Nc1nccs1)C1CCCN(C(=O)NCc2ccc(N3CCCCCC3)nc2)C1. The number of rotatable bonds is 5. The molecule has 3 amide bonds. The third-order valence-corrected chi connectivity index (χ3v) is 6.61. The fourth-order valence-electron chi connectivity index (χ4n) is 4.17. The van der Waals surface area contributed by atoms with Crippen LogP contribution in [0.2, 0.25) is 0 Å². The Kier molecular flexibility index (Phi) is 7.35. The van der Waals surface area contributed by atoms with Crippen molar-refractivity contribution in [1.29, 1.82) is 0 Å². The highest BCUT2D eigenvalue weighted by molar-refractivity contribution is 7.13. The Morgan fingerprint density at radius 3 is 2.61 bits per heavy atom. The van der Waals surface area contributed by atoms with Crippen molar-refractivity contribution in [3.63, 3.8) is 0 Å². The van der Waals surface area contributed by atoms with Crippen molar-refractivity contribution in [3.8, 4) is 0 Å². The minimum Gasteiger partial charge on any atom is -0.357 e. The van der Waals surface area contributed by atoms with Crippen LogP contribution in [-0.4, -0.2) is 53.0 Å². The molecule has 4 heterocycles. The van der Waals surface area contributed by atoms with Crippen LogP contribution in [0.25, 0.3) is 0 Å². The largest absolute Gasteiger partial charge is 0.357 e. The summed E-state index contributed by atoms with van der Waals surface area (Å²) >= 11 is 1.39. The second-order valence-electron chi connectivity index (χ2n) is 8.20. The summed E-state index contributed by atoms with van der Waals surface area (Å²) in [4.78, 5) is 37.9. The predicted octanol–water partition coefficient (Wildman–Crippen LogP) is 3.48. The van der Waals surface area contributed by atoms with Crippen molar-refractivity contribution in [3.05, 3.63) is 35.5 Å². The van der Waals surface area contributed by atoms with Gasteiger partial charge in [0, 0.05) is 50.5 Å². The molecule has 31 heavy (non-hydrogen) atoms. The number of thiazole rings is 1. The van der Waals surface area contributed by atoms with Gasteiger partial charge in [-0.1, -0.05) is 18.9 Å². The average Bonchev–Trinajstić information content (AvgIpc) is 3.16. The molecule has 1 atom stereocenters. The second kappa shape index (κ2) is 10.6. The van der Waals surface area contributed by atoms with Gasteiger partial charge >= 0.3 is 6.03 Å². The van der Waals surface area contributed by atoms with Gasteiger partial charge in [-0.25, -0.2) is 14.8 Å². The number of hydrogen-bond acceptors (Lipinski definition) is 6. The molecule has 2 saturated heterocycles. The number of pyridine rings is 1. The lowest BCUT2D eigenvalue weighted by atomic mass is 9.97. The van der Waals surface area contributed by atoms with Crippen LogP contribution in [0.15, 0.2) is 29.9 Å². The Labute approximate surface area is 187 Å². The highest BCUT2D eigenvalue weighted by Gasteiger charge is 2.28. The zero-order chi connectivity index (χ0) is 21.5. The molecule has 8 nitrogen and oxygen atoms in total. The Balaban J connectivity index is 1.25. The highest BCUT2D eigenvalue weighted by Crippen LogP contribution is 2.20.